The average molecular weight is 346 g/mol. The van der Waals surface area contributed by atoms with Crippen LogP contribution in [0, 0.1) is 17.0 Å². The summed E-state index contributed by atoms with van der Waals surface area (Å²) < 4.78 is 0. The molecule has 0 unspecified atom stereocenters. The zero-order valence-electron chi connectivity index (χ0n) is 13.3. The van der Waals surface area contributed by atoms with Crippen molar-refractivity contribution in [2.75, 3.05) is 18.0 Å². The quantitative estimate of drug-likeness (QED) is 0.664. The first kappa shape index (κ1) is 16.4. The minimum absolute atomic E-state index is 0.0194. The minimum atomic E-state index is -0.422. The second-order valence-electron chi connectivity index (χ2n) is 5.70. The van der Waals surface area contributed by atoms with Gasteiger partial charge in [-0.1, -0.05) is 0 Å². The lowest BCUT2D eigenvalue weighted by Crippen LogP contribution is -2.24. The van der Waals surface area contributed by atoms with Crippen LogP contribution >= 0.6 is 11.3 Å². The molecular formula is C16H18N4O3S. The molecule has 1 aliphatic rings. The van der Waals surface area contributed by atoms with Crippen molar-refractivity contribution in [3.8, 4) is 0 Å². The number of thiazole rings is 1. The Kier molecular flexibility index (Phi) is 4.75. The molecule has 0 spiro atoms. The van der Waals surface area contributed by atoms with E-state index in [9.17, 15) is 14.9 Å². The molecule has 0 aliphatic carbocycles. The van der Waals surface area contributed by atoms with Gasteiger partial charge in [0.1, 0.15) is 5.69 Å². The van der Waals surface area contributed by atoms with Crippen LogP contribution in [0.1, 0.15) is 33.9 Å². The number of amides is 1. The fourth-order valence-electron chi connectivity index (χ4n) is 2.80. The monoisotopic (exact) mass is 346 g/mol. The summed E-state index contributed by atoms with van der Waals surface area (Å²) in [4.78, 5) is 29.5. The second kappa shape index (κ2) is 6.96. The Labute approximate surface area is 143 Å². The van der Waals surface area contributed by atoms with Crippen LogP contribution in [-0.2, 0) is 6.54 Å². The van der Waals surface area contributed by atoms with Crippen LogP contribution in [0.4, 0.5) is 11.4 Å². The van der Waals surface area contributed by atoms with E-state index in [4.69, 9.17) is 0 Å². The van der Waals surface area contributed by atoms with Gasteiger partial charge in [0.25, 0.3) is 11.6 Å². The summed E-state index contributed by atoms with van der Waals surface area (Å²) in [6, 6.07) is 4.67. The van der Waals surface area contributed by atoms with Crippen molar-refractivity contribution in [2.45, 2.75) is 26.3 Å². The van der Waals surface area contributed by atoms with Crippen molar-refractivity contribution in [1.29, 1.82) is 0 Å². The number of carbonyl (C=O) groups excluding carboxylic acids is 1. The van der Waals surface area contributed by atoms with Crippen LogP contribution in [-0.4, -0.2) is 28.9 Å². The third-order valence-corrected chi connectivity index (χ3v) is 4.80. The molecule has 8 heteroatoms. The van der Waals surface area contributed by atoms with E-state index < -0.39 is 4.92 Å². The summed E-state index contributed by atoms with van der Waals surface area (Å²) in [5.74, 6) is -0.336. The molecule has 7 nitrogen and oxygen atoms in total. The molecule has 1 aromatic heterocycles. The third-order valence-electron chi connectivity index (χ3n) is 3.98. The average Bonchev–Trinajstić information content (AvgIpc) is 3.23. The Bertz CT molecular complexity index is 768. The Balaban J connectivity index is 1.76. The van der Waals surface area contributed by atoms with E-state index in [0.29, 0.717) is 12.2 Å². The molecule has 0 bridgehead atoms. The van der Waals surface area contributed by atoms with Gasteiger partial charge in [0, 0.05) is 30.1 Å². The topological polar surface area (TPSA) is 88.4 Å². The number of hydrogen-bond acceptors (Lipinski definition) is 6. The van der Waals surface area contributed by atoms with Gasteiger partial charge in [-0.25, -0.2) is 4.98 Å². The standard InChI is InChI=1S/C16H18N4O3S/c1-11-18-13(10-24-11)9-17-16(21)12-4-5-14(15(8-12)20(22)23)19-6-2-3-7-19/h4-5,8,10H,2-3,6-7,9H2,1H3,(H,17,21). The van der Waals surface area contributed by atoms with Gasteiger partial charge in [0.15, 0.2) is 0 Å². The maximum Gasteiger partial charge on any atom is 0.293 e. The number of nitrogens with one attached hydrogen (secondary N) is 1. The molecule has 1 amide bonds. The smallest absolute Gasteiger partial charge is 0.293 e. The SMILES string of the molecule is Cc1nc(CNC(=O)c2ccc(N3CCCC3)c([N+](=O)[O-])c2)cs1. The molecule has 0 saturated carbocycles. The highest BCUT2D eigenvalue weighted by Crippen LogP contribution is 2.31. The largest absolute Gasteiger partial charge is 0.366 e. The summed E-state index contributed by atoms with van der Waals surface area (Å²) in [6.45, 7) is 3.84. The summed E-state index contributed by atoms with van der Waals surface area (Å²) >= 11 is 1.52. The molecule has 0 atom stereocenters. The van der Waals surface area contributed by atoms with Crippen molar-refractivity contribution in [2.24, 2.45) is 0 Å². The molecule has 126 valence electrons. The number of carbonyl (C=O) groups is 1. The van der Waals surface area contributed by atoms with Gasteiger partial charge in [0.2, 0.25) is 0 Å². The fraction of sp³-hybridized carbons (Fsp3) is 0.375. The zero-order chi connectivity index (χ0) is 17.1. The molecule has 1 N–H and O–H groups in total. The zero-order valence-corrected chi connectivity index (χ0v) is 14.1. The van der Waals surface area contributed by atoms with E-state index in [1.807, 2.05) is 17.2 Å². The van der Waals surface area contributed by atoms with Gasteiger partial charge in [-0.3, -0.25) is 14.9 Å². The normalized spacial score (nSPS) is 14.0. The van der Waals surface area contributed by atoms with Gasteiger partial charge in [0.05, 0.1) is 22.2 Å². The maximum atomic E-state index is 12.3. The van der Waals surface area contributed by atoms with Gasteiger partial charge in [-0.15, -0.1) is 11.3 Å². The van der Waals surface area contributed by atoms with Gasteiger partial charge < -0.3 is 10.2 Å². The van der Waals surface area contributed by atoms with Crippen molar-refractivity contribution in [1.82, 2.24) is 10.3 Å². The molecule has 1 aromatic carbocycles. The number of anilines is 1. The number of benzene rings is 1. The Morgan fingerprint density at radius 1 is 1.42 bits per heavy atom. The molecule has 1 aliphatic heterocycles. The predicted molar refractivity (Wildman–Crippen MR) is 92.6 cm³/mol. The van der Waals surface area contributed by atoms with Crippen LogP contribution in [0.3, 0.4) is 0 Å². The lowest BCUT2D eigenvalue weighted by Gasteiger charge is -2.17. The van der Waals surface area contributed by atoms with Crippen LogP contribution in [0.2, 0.25) is 0 Å². The minimum Gasteiger partial charge on any atom is -0.366 e. The number of nitrogens with zero attached hydrogens (tertiary/aromatic N) is 3. The van der Waals surface area contributed by atoms with Crippen molar-refractivity contribution >= 4 is 28.6 Å². The molecule has 1 fully saturated rings. The van der Waals surface area contributed by atoms with E-state index in [0.717, 1.165) is 36.6 Å². The number of aromatic nitrogens is 1. The third kappa shape index (κ3) is 3.53. The Morgan fingerprint density at radius 3 is 2.79 bits per heavy atom. The predicted octanol–water partition coefficient (Wildman–Crippen LogP) is 2.89. The highest BCUT2D eigenvalue weighted by atomic mass is 32.1. The second-order valence-corrected chi connectivity index (χ2v) is 6.76. The van der Waals surface area contributed by atoms with Gasteiger partial charge in [-0.2, -0.15) is 0 Å². The molecule has 2 aromatic rings. The first-order chi connectivity index (χ1) is 11.5. The van der Waals surface area contributed by atoms with Crippen molar-refractivity contribution in [3.63, 3.8) is 0 Å². The van der Waals surface area contributed by atoms with Gasteiger partial charge >= 0.3 is 0 Å². The van der Waals surface area contributed by atoms with Crippen molar-refractivity contribution in [3.05, 3.63) is 50.0 Å². The number of nitro groups is 1. The highest BCUT2D eigenvalue weighted by molar-refractivity contribution is 7.09. The van der Waals surface area contributed by atoms with E-state index in [-0.39, 0.29) is 17.2 Å². The summed E-state index contributed by atoms with van der Waals surface area (Å²) in [6.07, 6.45) is 2.07. The molecule has 1 saturated heterocycles. The first-order valence-corrected chi connectivity index (χ1v) is 8.65. The first-order valence-electron chi connectivity index (χ1n) is 7.77. The Morgan fingerprint density at radius 2 is 2.17 bits per heavy atom. The van der Waals surface area contributed by atoms with E-state index in [1.54, 1.807) is 12.1 Å². The fourth-order valence-corrected chi connectivity index (χ4v) is 3.41. The van der Waals surface area contributed by atoms with Crippen LogP contribution in [0.5, 0.6) is 0 Å². The van der Waals surface area contributed by atoms with Gasteiger partial charge in [-0.05, 0) is 31.9 Å². The lowest BCUT2D eigenvalue weighted by atomic mass is 10.1. The molecule has 2 heterocycles. The molecule has 3 rings (SSSR count). The van der Waals surface area contributed by atoms with Crippen LogP contribution < -0.4 is 10.2 Å². The Hall–Kier alpha value is -2.48. The van der Waals surface area contributed by atoms with Crippen molar-refractivity contribution < 1.29 is 9.72 Å². The van der Waals surface area contributed by atoms with E-state index >= 15 is 0 Å². The number of rotatable bonds is 5. The van der Waals surface area contributed by atoms with E-state index in [1.165, 1.54) is 17.4 Å². The lowest BCUT2D eigenvalue weighted by molar-refractivity contribution is -0.384. The maximum absolute atomic E-state index is 12.3. The number of aryl methyl sites for hydroxylation is 1. The number of nitro benzene ring substituents is 1. The molecular weight excluding hydrogens is 328 g/mol. The highest BCUT2D eigenvalue weighted by Gasteiger charge is 2.23. The molecule has 24 heavy (non-hydrogen) atoms. The molecule has 0 radical (unpaired) electrons. The van der Waals surface area contributed by atoms with Crippen LogP contribution in [0.15, 0.2) is 23.6 Å². The summed E-state index contributed by atoms with van der Waals surface area (Å²) in [5, 5.41) is 16.9. The van der Waals surface area contributed by atoms with Crippen LogP contribution in [0.25, 0.3) is 0 Å². The number of hydrogen-bond donors (Lipinski definition) is 1. The van der Waals surface area contributed by atoms with E-state index in [2.05, 4.69) is 10.3 Å². The summed E-state index contributed by atoms with van der Waals surface area (Å²) in [5.41, 5.74) is 1.64. The summed E-state index contributed by atoms with van der Waals surface area (Å²) in [7, 11) is 0.